The minimum absolute atomic E-state index is 0.250. The second-order valence-corrected chi connectivity index (χ2v) is 5.86. The van der Waals surface area contributed by atoms with Crippen LogP contribution in [-0.4, -0.2) is 27.5 Å². The Morgan fingerprint density at radius 3 is 2.60 bits per heavy atom. The van der Waals surface area contributed by atoms with Crippen molar-refractivity contribution < 1.29 is 14.4 Å². The summed E-state index contributed by atoms with van der Waals surface area (Å²) in [4.78, 5) is 4.40. The molecule has 0 atom stereocenters. The summed E-state index contributed by atoms with van der Waals surface area (Å²) in [6.45, 7) is 3.67. The van der Waals surface area contributed by atoms with Crippen LogP contribution in [0, 0.1) is 0 Å². The summed E-state index contributed by atoms with van der Waals surface area (Å²) in [6.07, 6.45) is 2.29. The average Bonchev–Trinajstić information content (AvgIpc) is 3.14. The molecule has 1 aromatic carbocycles. The van der Waals surface area contributed by atoms with Crippen LogP contribution in [-0.2, 0) is 0 Å². The molecule has 1 aliphatic carbocycles. The fourth-order valence-electron chi connectivity index (χ4n) is 1.81. The maximum atomic E-state index is 9.61. The standard InChI is InChI=1S/C15H18N2O3/c1-15(2,18)9-19-12-7-5-10(6-8-12)13-16-14(20-17-13)11-3-4-11/h5-8,11,18H,3-4,9H2,1-2H3. The minimum atomic E-state index is -0.842. The predicted molar refractivity (Wildman–Crippen MR) is 73.5 cm³/mol. The van der Waals surface area contributed by atoms with Crippen molar-refractivity contribution in [2.45, 2.75) is 38.2 Å². The Kier molecular flexibility index (Phi) is 3.22. The molecule has 0 bridgehead atoms. The molecule has 0 unspecified atom stereocenters. The van der Waals surface area contributed by atoms with Crippen LogP contribution in [0.4, 0.5) is 0 Å². The second kappa shape index (κ2) is 4.90. The summed E-state index contributed by atoms with van der Waals surface area (Å²) >= 11 is 0. The quantitative estimate of drug-likeness (QED) is 0.908. The van der Waals surface area contributed by atoms with E-state index in [9.17, 15) is 5.11 Å². The highest BCUT2D eigenvalue weighted by molar-refractivity contribution is 5.55. The van der Waals surface area contributed by atoms with Gasteiger partial charge in [0.15, 0.2) is 0 Å². The van der Waals surface area contributed by atoms with Gasteiger partial charge in [0.1, 0.15) is 12.4 Å². The molecule has 0 aliphatic heterocycles. The normalized spacial score (nSPS) is 15.3. The largest absolute Gasteiger partial charge is 0.491 e. The van der Waals surface area contributed by atoms with Crippen molar-refractivity contribution in [1.82, 2.24) is 10.1 Å². The third kappa shape index (κ3) is 3.17. The molecular weight excluding hydrogens is 256 g/mol. The lowest BCUT2D eigenvalue weighted by Gasteiger charge is -2.17. The zero-order valence-corrected chi connectivity index (χ0v) is 11.7. The molecule has 3 rings (SSSR count). The number of benzene rings is 1. The maximum absolute atomic E-state index is 9.61. The van der Waals surface area contributed by atoms with Gasteiger partial charge in [-0.1, -0.05) is 5.16 Å². The molecule has 0 amide bonds. The summed E-state index contributed by atoms with van der Waals surface area (Å²) in [6, 6.07) is 7.46. The molecule has 106 valence electrons. The van der Waals surface area contributed by atoms with Crippen LogP contribution < -0.4 is 4.74 Å². The van der Waals surface area contributed by atoms with E-state index in [1.165, 1.54) is 0 Å². The Bertz CT molecular complexity index is 580. The van der Waals surface area contributed by atoms with E-state index in [0.717, 1.165) is 24.3 Å². The lowest BCUT2D eigenvalue weighted by molar-refractivity contribution is 0.0285. The molecule has 0 spiro atoms. The number of nitrogens with zero attached hydrogens (tertiary/aromatic N) is 2. The van der Waals surface area contributed by atoms with Crippen LogP contribution in [0.3, 0.4) is 0 Å². The monoisotopic (exact) mass is 274 g/mol. The topological polar surface area (TPSA) is 68.4 Å². The first-order valence-electron chi connectivity index (χ1n) is 6.80. The molecule has 5 heteroatoms. The summed E-state index contributed by atoms with van der Waals surface area (Å²) < 4.78 is 10.7. The van der Waals surface area contributed by atoms with E-state index >= 15 is 0 Å². The third-order valence-electron chi connectivity index (χ3n) is 3.07. The zero-order valence-electron chi connectivity index (χ0n) is 11.7. The van der Waals surface area contributed by atoms with Crippen molar-refractivity contribution in [2.24, 2.45) is 0 Å². The highest BCUT2D eigenvalue weighted by atomic mass is 16.5. The van der Waals surface area contributed by atoms with Crippen LogP contribution in [0.1, 0.15) is 38.5 Å². The van der Waals surface area contributed by atoms with Gasteiger partial charge in [-0.2, -0.15) is 4.98 Å². The third-order valence-corrected chi connectivity index (χ3v) is 3.07. The molecule has 0 radical (unpaired) electrons. The number of aliphatic hydroxyl groups is 1. The van der Waals surface area contributed by atoms with Gasteiger partial charge in [-0.25, -0.2) is 0 Å². The lowest BCUT2D eigenvalue weighted by Crippen LogP contribution is -2.27. The van der Waals surface area contributed by atoms with Crippen molar-refractivity contribution in [1.29, 1.82) is 0 Å². The van der Waals surface area contributed by atoms with Crippen molar-refractivity contribution in [3.63, 3.8) is 0 Å². The Morgan fingerprint density at radius 1 is 1.30 bits per heavy atom. The Hall–Kier alpha value is -1.88. The van der Waals surface area contributed by atoms with Crippen LogP contribution in [0.15, 0.2) is 28.8 Å². The molecule has 1 aromatic heterocycles. The van der Waals surface area contributed by atoms with Crippen molar-refractivity contribution in [3.8, 4) is 17.1 Å². The fraction of sp³-hybridized carbons (Fsp3) is 0.467. The van der Waals surface area contributed by atoms with Gasteiger partial charge >= 0.3 is 0 Å². The SMILES string of the molecule is CC(C)(O)COc1ccc(-c2noc(C3CC3)n2)cc1. The van der Waals surface area contributed by atoms with Crippen LogP contribution in [0.25, 0.3) is 11.4 Å². The fourth-order valence-corrected chi connectivity index (χ4v) is 1.81. The number of hydrogen-bond donors (Lipinski definition) is 1. The summed E-state index contributed by atoms with van der Waals surface area (Å²) in [5.74, 6) is 2.52. The van der Waals surface area contributed by atoms with Crippen LogP contribution in [0.5, 0.6) is 5.75 Å². The second-order valence-electron chi connectivity index (χ2n) is 5.86. The Balaban J connectivity index is 1.68. The number of rotatable bonds is 5. The average molecular weight is 274 g/mol. The Labute approximate surface area is 117 Å². The summed E-state index contributed by atoms with van der Waals surface area (Å²) in [7, 11) is 0. The van der Waals surface area contributed by atoms with E-state index in [0.29, 0.717) is 17.5 Å². The highest BCUT2D eigenvalue weighted by Gasteiger charge is 2.29. The zero-order chi connectivity index (χ0) is 14.2. The summed E-state index contributed by atoms with van der Waals surface area (Å²) in [5.41, 5.74) is 0.0576. The van der Waals surface area contributed by atoms with Gasteiger partial charge in [-0.3, -0.25) is 0 Å². The molecule has 2 aromatic rings. The van der Waals surface area contributed by atoms with Crippen molar-refractivity contribution >= 4 is 0 Å². The van der Waals surface area contributed by atoms with E-state index in [2.05, 4.69) is 10.1 Å². The molecule has 1 saturated carbocycles. The Morgan fingerprint density at radius 2 is 2.00 bits per heavy atom. The van der Waals surface area contributed by atoms with E-state index in [4.69, 9.17) is 9.26 Å². The summed E-state index contributed by atoms with van der Waals surface area (Å²) in [5, 5.41) is 13.6. The number of ether oxygens (including phenoxy) is 1. The van der Waals surface area contributed by atoms with E-state index in [1.54, 1.807) is 13.8 Å². The number of hydrogen-bond acceptors (Lipinski definition) is 5. The van der Waals surface area contributed by atoms with Gasteiger partial charge in [0.05, 0.1) is 5.60 Å². The van der Waals surface area contributed by atoms with E-state index < -0.39 is 5.60 Å². The number of aromatic nitrogens is 2. The first kappa shape index (κ1) is 13.1. The van der Waals surface area contributed by atoms with Crippen LogP contribution >= 0.6 is 0 Å². The molecule has 1 heterocycles. The van der Waals surface area contributed by atoms with Gasteiger partial charge < -0.3 is 14.4 Å². The molecule has 20 heavy (non-hydrogen) atoms. The first-order chi connectivity index (χ1) is 9.51. The van der Waals surface area contributed by atoms with Crippen molar-refractivity contribution in [2.75, 3.05) is 6.61 Å². The van der Waals surface area contributed by atoms with E-state index in [1.807, 2.05) is 24.3 Å². The van der Waals surface area contributed by atoms with Crippen molar-refractivity contribution in [3.05, 3.63) is 30.2 Å². The molecule has 0 saturated heterocycles. The van der Waals surface area contributed by atoms with Gasteiger partial charge in [0.25, 0.3) is 0 Å². The van der Waals surface area contributed by atoms with Gasteiger partial charge in [-0.15, -0.1) is 0 Å². The minimum Gasteiger partial charge on any atom is -0.491 e. The van der Waals surface area contributed by atoms with Crippen LogP contribution in [0.2, 0.25) is 0 Å². The van der Waals surface area contributed by atoms with Gasteiger partial charge in [0, 0.05) is 11.5 Å². The maximum Gasteiger partial charge on any atom is 0.230 e. The molecule has 1 aliphatic rings. The molecule has 5 nitrogen and oxygen atoms in total. The van der Waals surface area contributed by atoms with Gasteiger partial charge in [0.2, 0.25) is 11.7 Å². The molecule has 1 N–H and O–H groups in total. The lowest BCUT2D eigenvalue weighted by atomic mass is 10.1. The highest BCUT2D eigenvalue weighted by Crippen LogP contribution is 2.39. The molecule has 1 fully saturated rings. The first-order valence-corrected chi connectivity index (χ1v) is 6.80. The predicted octanol–water partition coefficient (Wildman–Crippen LogP) is 2.76. The van der Waals surface area contributed by atoms with E-state index in [-0.39, 0.29) is 6.61 Å². The van der Waals surface area contributed by atoms with Gasteiger partial charge in [-0.05, 0) is 51.0 Å². The smallest absolute Gasteiger partial charge is 0.230 e. The molecular formula is C15H18N2O3.